The molecule has 0 amide bonds. The first kappa shape index (κ1) is 17.0. The normalized spacial score (nSPS) is 12.9. The van der Waals surface area contributed by atoms with Crippen LogP contribution >= 0.6 is 11.6 Å². The first-order chi connectivity index (χ1) is 9.38. The number of carboxylic acid groups (broad SMARTS) is 1. The Labute approximate surface area is 125 Å². The Bertz CT molecular complexity index is 420. The van der Waals surface area contributed by atoms with Crippen molar-refractivity contribution in [1.82, 2.24) is 9.80 Å². The third kappa shape index (κ3) is 6.37. The maximum absolute atomic E-state index is 11.0. The van der Waals surface area contributed by atoms with E-state index in [0.717, 1.165) is 24.5 Å². The van der Waals surface area contributed by atoms with E-state index < -0.39 is 5.97 Å². The fourth-order valence-corrected chi connectivity index (χ4v) is 2.17. The second-order valence-electron chi connectivity index (χ2n) is 5.35. The summed E-state index contributed by atoms with van der Waals surface area (Å²) in [5, 5.41) is 9.75. The summed E-state index contributed by atoms with van der Waals surface area (Å²) in [6, 6.07) is 7.89. The topological polar surface area (TPSA) is 43.8 Å². The first-order valence-electron chi connectivity index (χ1n) is 6.73. The number of hydrogen-bond acceptors (Lipinski definition) is 3. The molecule has 0 radical (unpaired) electrons. The van der Waals surface area contributed by atoms with Crippen molar-refractivity contribution in [3.8, 4) is 0 Å². The number of carboxylic acids is 1. The van der Waals surface area contributed by atoms with Crippen LogP contribution in [0.3, 0.4) is 0 Å². The molecule has 1 atom stereocenters. The highest BCUT2D eigenvalue weighted by Crippen LogP contribution is 2.13. The van der Waals surface area contributed by atoms with Crippen molar-refractivity contribution in [2.45, 2.75) is 19.4 Å². The number of aliphatic carboxylic acids is 1. The molecule has 0 aromatic heterocycles. The van der Waals surface area contributed by atoms with Gasteiger partial charge in [-0.3, -0.25) is 9.69 Å². The maximum Gasteiger partial charge on any atom is 0.317 e. The molecule has 0 aliphatic rings. The first-order valence-corrected chi connectivity index (χ1v) is 7.11. The van der Waals surface area contributed by atoms with E-state index >= 15 is 0 Å². The number of nitrogens with zero attached hydrogens (tertiary/aromatic N) is 2. The number of likely N-dealkylation sites (N-methyl/N-ethyl adjacent to an activating group) is 1. The van der Waals surface area contributed by atoms with Crippen LogP contribution in [0.15, 0.2) is 24.3 Å². The van der Waals surface area contributed by atoms with Crippen LogP contribution in [-0.2, 0) is 11.2 Å². The third-order valence-electron chi connectivity index (χ3n) is 3.24. The van der Waals surface area contributed by atoms with Gasteiger partial charge in [0.05, 0.1) is 6.54 Å². The second kappa shape index (κ2) is 8.25. The summed E-state index contributed by atoms with van der Waals surface area (Å²) >= 11 is 5.87. The van der Waals surface area contributed by atoms with Crippen molar-refractivity contribution in [2.75, 3.05) is 33.7 Å². The smallest absolute Gasteiger partial charge is 0.317 e. The molecule has 0 aliphatic carbocycles. The van der Waals surface area contributed by atoms with E-state index in [1.165, 1.54) is 5.56 Å². The minimum Gasteiger partial charge on any atom is -0.480 e. The third-order valence-corrected chi connectivity index (χ3v) is 3.49. The molecule has 1 rings (SSSR count). The Morgan fingerprint density at radius 1 is 1.25 bits per heavy atom. The minimum absolute atomic E-state index is 0.0720. The average Bonchev–Trinajstić information content (AvgIpc) is 2.36. The van der Waals surface area contributed by atoms with Gasteiger partial charge in [-0.1, -0.05) is 23.7 Å². The SMILES string of the molecule is CC(Cc1ccc(Cl)cc1)N(CCN(C)C)CC(=O)O. The van der Waals surface area contributed by atoms with Gasteiger partial charge in [0.25, 0.3) is 0 Å². The van der Waals surface area contributed by atoms with Crippen molar-refractivity contribution in [1.29, 1.82) is 0 Å². The van der Waals surface area contributed by atoms with E-state index in [9.17, 15) is 4.79 Å². The van der Waals surface area contributed by atoms with E-state index in [1.54, 1.807) is 0 Å². The Kier molecular flexibility index (Phi) is 6.99. The zero-order chi connectivity index (χ0) is 15.1. The van der Waals surface area contributed by atoms with Gasteiger partial charge in [0.2, 0.25) is 0 Å². The van der Waals surface area contributed by atoms with Gasteiger partial charge >= 0.3 is 5.97 Å². The van der Waals surface area contributed by atoms with E-state index in [-0.39, 0.29) is 12.6 Å². The summed E-state index contributed by atoms with van der Waals surface area (Å²) in [6.07, 6.45) is 0.817. The van der Waals surface area contributed by atoms with Crippen LogP contribution in [0.5, 0.6) is 0 Å². The molecule has 0 spiro atoms. The highest BCUT2D eigenvalue weighted by atomic mass is 35.5. The molecule has 112 valence electrons. The molecule has 1 N–H and O–H groups in total. The zero-order valence-corrected chi connectivity index (χ0v) is 13.1. The lowest BCUT2D eigenvalue weighted by Gasteiger charge is -2.28. The fraction of sp³-hybridized carbons (Fsp3) is 0.533. The van der Waals surface area contributed by atoms with Crippen LogP contribution in [0.25, 0.3) is 0 Å². The summed E-state index contributed by atoms with van der Waals surface area (Å²) in [4.78, 5) is 15.0. The lowest BCUT2D eigenvalue weighted by atomic mass is 10.1. The minimum atomic E-state index is -0.785. The molecular formula is C15H23ClN2O2. The van der Waals surface area contributed by atoms with E-state index in [0.29, 0.717) is 0 Å². The van der Waals surface area contributed by atoms with Crippen LogP contribution in [0.2, 0.25) is 5.02 Å². The Morgan fingerprint density at radius 3 is 2.35 bits per heavy atom. The summed E-state index contributed by atoms with van der Waals surface area (Å²) in [5.74, 6) is -0.785. The van der Waals surface area contributed by atoms with Gasteiger partial charge < -0.3 is 10.0 Å². The molecule has 0 aliphatic heterocycles. The molecule has 0 saturated carbocycles. The predicted octanol–water partition coefficient (Wildman–Crippen LogP) is 2.22. The second-order valence-corrected chi connectivity index (χ2v) is 5.78. The molecule has 0 bridgehead atoms. The van der Waals surface area contributed by atoms with Crippen LogP contribution in [0, 0.1) is 0 Å². The Balaban J connectivity index is 2.63. The van der Waals surface area contributed by atoms with Crippen LogP contribution < -0.4 is 0 Å². The summed E-state index contributed by atoms with van der Waals surface area (Å²) in [5.41, 5.74) is 1.17. The molecule has 1 unspecified atom stereocenters. The van der Waals surface area contributed by atoms with Crippen molar-refractivity contribution in [3.63, 3.8) is 0 Å². The van der Waals surface area contributed by atoms with Gasteiger partial charge in [-0.05, 0) is 45.1 Å². The Morgan fingerprint density at radius 2 is 1.85 bits per heavy atom. The van der Waals surface area contributed by atoms with E-state index in [4.69, 9.17) is 16.7 Å². The molecular weight excluding hydrogens is 276 g/mol. The van der Waals surface area contributed by atoms with Crippen LogP contribution in [0.4, 0.5) is 0 Å². The van der Waals surface area contributed by atoms with Crippen LogP contribution in [0.1, 0.15) is 12.5 Å². The molecule has 1 aromatic carbocycles. The van der Waals surface area contributed by atoms with E-state index in [1.807, 2.05) is 43.3 Å². The standard InChI is InChI=1S/C15H23ClN2O2/c1-12(10-13-4-6-14(16)7-5-13)18(11-15(19)20)9-8-17(2)3/h4-7,12H,8-11H2,1-3H3,(H,19,20). The fourth-order valence-electron chi connectivity index (χ4n) is 2.05. The van der Waals surface area contributed by atoms with Crippen molar-refractivity contribution < 1.29 is 9.90 Å². The lowest BCUT2D eigenvalue weighted by molar-refractivity contribution is -0.138. The molecule has 1 aromatic rings. The van der Waals surface area contributed by atoms with Crippen LogP contribution in [-0.4, -0.2) is 60.6 Å². The van der Waals surface area contributed by atoms with E-state index in [2.05, 4.69) is 11.8 Å². The molecule has 20 heavy (non-hydrogen) atoms. The molecule has 0 fully saturated rings. The quantitative estimate of drug-likeness (QED) is 0.799. The van der Waals surface area contributed by atoms with Gasteiger partial charge in [-0.15, -0.1) is 0 Å². The van der Waals surface area contributed by atoms with Gasteiger partial charge in [0.15, 0.2) is 0 Å². The van der Waals surface area contributed by atoms with Gasteiger partial charge in [-0.25, -0.2) is 0 Å². The van der Waals surface area contributed by atoms with Crippen molar-refractivity contribution >= 4 is 17.6 Å². The Hall–Kier alpha value is -1.10. The predicted molar refractivity (Wildman–Crippen MR) is 82.4 cm³/mol. The molecule has 0 heterocycles. The highest BCUT2D eigenvalue weighted by Gasteiger charge is 2.17. The number of carbonyl (C=O) groups is 1. The summed E-state index contributed by atoms with van der Waals surface area (Å²) in [6.45, 7) is 3.72. The molecule has 4 nitrogen and oxygen atoms in total. The zero-order valence-electron chi connectivity index (χ0n) is 12.3. The number of rotatable bonds is 8. The summed E-state index contributed by atoms with van der Waals surface area (Å²) in [7, 11) is 3.98. The molecule has 5 heteroatoms. The lowest BCUT2D eigenvalue weighted by Crippen LogP contribution is -2.42. The number of benzene rings is 1. The maximum atomic E-state index is 11.0. The molecule has 0 saturated heterocycles. The van der Waals surface area contributed by atoms with Gasteiger partial charge in [0.1, 0.15) is 0 Å². The van der Waals surface area contributed by atoms with Gasteiger partial charge in [-0.2, -0.15) is 0 Å². The average molecular weight is 299 g/mol. The summed E-state index contributed by atoms with van der Waals surface area (Å²) < 4.78 is 0. The van der Waals surface area contributed by atoms with Crippen molar-refractivity contribution in [2.24, 2.45) is 0 Å². The number of halogens is 1. The highest BCUT2D eigenvalue weighted by molar-refractivity contribution is 6.30. The number of hydrogen-bond donors (Lipinski definition) is 1. The monoisotopic (exact) mass is 298 g/mol. The van der Waals surface area contributed by atoms with Crippen molar-refractivity contribution in [3.05, 3.63) is 34.9 Å². The largest absolute Gasteiger partial charge is 0.480 e. The van der Waals surface area contributed by atoms with Gasteiger partial charge in [0, 0.05) is 24.2 Å².